The zero-order valence-electron chi connectivity index (χ0n) is 6.88. The molecule has 0 N–H and O–H groups in total. The SMILES string of the molecule is CC/C=C\CC[C@@]1(C=O)CO1. The van der Waals surface area contributed by atoms with E-state index in [9.17, 15) is 4.79 Å². The second kappa shape index (κ2) is 3.67. The molecule has 0 bridgehead atoms. The van der Waals surface area contributed by atoms with Gasteiger partial charge in [0, 0.05) is 0 Å². The van der Waals surface area contributed by atoms with Crippen LogP contribution in [0.1, 0.15) is 26.2 Å². The first-order valence-electron chi connectivity index (χ1n) is 4.08. The molecule has 0 radical (unpaired) electrons. The second-order valence-electron chi connectivity index (χ2n) is 2.89. The van der Waals surface area contributed by atoms with Crippen LogP contribution >= 0.6 is 0 Å². The van der Waals surface area contributed by atoms with Crippen molar-refractivity contribution in [3.63, 3.8) is 0 Å². The highest BCUT2D eigenvalue weighted by molar-refractivity contribution is 5.66. The van der Waals surface area contributed by atoms with Crippen molar-refractivity contribution >= 4 is 6.29 Å². The van der Waals surface area contributed by atoms with Gasteiger partial charge in [-0.25, -0.2) is 0 Å². The summed E-state index contributed by atoms with van der Waals surface area (Å²) in [5.74, 6) is 0. The topological polar surface area (TPSA) is 29.6 Å². The highest BCUT2D eigenvalue weighted by Crippen LogP contribution is 2.29. The molecule has 1 heterocycles. The van der Waals surface area contributed by atoms with Gasteiger partial charge in [-0.15, -0.1) is 0 Å². The van der Waals surface area contributed by atoms with Crippen LogP contribution in [0, 0.1) is 0 Å². The summed E-state index contributed by atoms with van der Waals surface area (Å²) in [5, 5.41) is 0. The molecule has 0 aliphatic carbocycles. The van der Waals surface area contributed by atoms with Gasteiger partial charge in [0.15, 0.2) is 6.29 Å². The molecule has 2 nitrogen and oxygen atoms in total. The lowest BCUT2D eigenvalue weighted by Gasteiger charge is -1.97. The Balaban J connectivity index is 2.12. The average Bonchev–Trinajstić information content (AvgIpc) is 2.80. The number of carbonyl (C=O) groups is 1. The van der Waals surface area contributed by atoms with Crippen LogP contribution in [0.25, 0.3) is 0 Å². The van der Waals surface area contributed by atoms with Gasteiger partial charge >= 0.3 is 0 Å². The lowest BCUT2D eigenvalue weighted by molar-refractivity contribution is -0.112. The highest BCUT2D eigenvalue weighted by atomic mass is 16.6. The maximum Gasteiger partial charge on any atom is 0.154 e. The molecule has 0 unspecified atom stereocenters. The predicted molar refractivity (Wildman–Crippen MR) is 43.4 cm³/mol. The minimum absolute atomic E-state index is 0.391. The third-order valence-electron chi connectivity index (χ3n) is 1.87. The molecule has 0 saturated carbocycles. The van der Waals surface area contributed by atoms with E-state index < -0.39 is 5.60 Å². The smallest absolute Gasteiger partial charge is 0.154 e. The zero-order chi connectivity index (χ0) is 8.16. The molecule has 0 aromatic carbocycles. The fraction of sp³-hybridized carbons (Fsp3) is 0.667. The molecular weight excluding hydrogens is 140 g/mol. The van der Waals surface area contributed by atoms with E-state index in [1.165, 1.54) is 0 Å². The lowest BCUT2D eigenvalue weighted by atomic mass is 10.1. The molecule has 1 aliphatic heterocycles. The van der Waals surface area contributed by atoms with Crippen LogP contribution in [0.15, 0.2) is 12.2 Å². The summed E-state index contributed by atoms with van der Waals surface area (Å²) in [6.07, 6.45) is 8.00. The van der Waals surface area contributed by atoms with Gasteiger partial charge in [-0.1, -0.05) is 19.1 Å². The van der Waals surface area contributed by atoms with E-state index >= 15 is 0 Å². The monoisotopic (exact) mass is 154 g/mol. The number of hydrogen-bond acceptors (Lipinski definition) is 2. The zero-order valence-corrected chi connectivity index (χ0v) is 6.88. The first kappa shape index (κ1) is 8.47. The number of carbonyl (C=O) groups excluding carboxylic acids is 1. The fourth-order valence-electron chi connectivity index (χ4n) is 0.976. The van der Waals surface area contributed by atoms with Crippen molar-refractivity contribution < 1.29 is 9.53 Å². The fourth-order valence-corrected chi connectivity index (χ4v) is 0.976. The van der Waals surface area contributed by atoms with Crippen molar-refractivity contribution in [1.82, 2.24) is 0 Å². The van der Waals surface area contributed by atoms with Crippen molar-refractivity contribution in [3.8, 4) is 0 Å². The Bertz CT molecular complexity index is 157. The third kappa shape index (κ3) is 2.46. The van der Waals surface area contributed by atoms with E-state index in [-0.39, 0.29) is 0 Å². The molecule has 0 aromatic heterocycles. The van der Waals surface area contributed by atoms with Gasteiger partial charge in [0.05, 0.1) is 6.61 Å². The molecule has 0 spiro atoms. The van der Waals surface area contributed by atoms with Gasteiger partial charge in [-0.2, -0.15) is 0 Å². The van der Waals surface area contributed by atoms with Crippen LogP contribution in [0.2, 0.25) is 0 Å². The number of ether oxygens (including phenoxy) is 1. The van der Waals surface area contributed by atoms with E-state index in [0.29, 0.717) is 6.61 Å². The van der Waals surface area contributed by atoms with Gasteiger partial charge in [0.1, 0.15) is 5.60 Å². The number of rotatable bonds is 5. The van der Waals surface area contributed by atoms with E-state index in [1.807, 2.05) is 0 Å². The van der Waals surface area contributed by atoms with Crippen molar-refractivity contribution in [3.05, 3.63) is 12.2 Å². The Hall–Kier alpha value is -0.630. The molecule has 2 heteroatoms. The van der Waals surface area contributed by atoms with E-state index in [2.05, 4.69) is 19.1 Å². The minimum Gasteiger partial charge on any atom is -0.362 e. The molecule has 62 valence electrons. The molecule has 1 aliphatic rings. The van der Waals surface area contributed by atoms with Gasteiger partial charge in [-0.3, -0.25) is 0 Å². The van der Waals surface area contributed by atoms with Crippen LogP contribution in [0.5, 0.6) is 0 Å². The van der Waals surface area contributed by atoms with Crippen LogP contribution in [0.4, 0.5) is 0 Å². The summed E-state index contributed by atoms with van der Waals surface area (Å²) in [4.78, 5) is 10.4. The van der Waals surface area contributed by atoms with Crippen molar-refractivity contribution in [2.24, 2.45) is 0 Å². The van der Waals surface area contributed by atoms with Crippen LogP contribution in [0.3, 0.4) is 0 Å². The summed E-state index contributed by atoms with van der Waals surface area (Å²) in [6, 6.07) is 0. The molecule has 0 amide bonds. The van der Waals surface area contributed by atoms with Gasteiger partial charge in [-0.05, 0) is 19.3 Å². The molecule has 1 fully saturated rings. The Morgan fingerprint density at radius 1 is 1.55 bits per heavy atom. The molecular formula is C9H14O2. The van der Waals surface area contributed by atoms with Crippen molar-refractivity contribution in [1.29, 1.82) is 0 Å². The average molecular weight is 154 g/mol. The summed E-state index contributed by atoms with van der Waals surface area (Å²) >= 11 is 0. The van der Waals surface area contributed by atoms with E-state index in [0.717, 1.165) is 25.5 Å². The van der Waals surface area contributed by atoms with Crippen molar-refractivity contribution in [2.45, 2.75) is 31.8 Å². The summed E-state index contributed by atoms with van der Waals surface area (Å²) in [6.45, 7) is 2.72. The largest absolute Gasteiger partial charge is 0.362 e. The third-order valence-corrected chi connectivity index (χ3v) is 1.87. The molecule has 1 atom stereocenters. The Kier molecular flexibility index (Phi) is 2.83. The van der Waals surface area contributed by atoms with Crippen LogP contribution < -0.4 is 0 Å². The maximum atomic E-state index is 10.4. The Morgan fingerprint density at radius 2 is 2.27 bits per heavy atom. The van der Waals surface area contributed by atoms with Crippen LogP contribution in [-0.4, -0.2) is 18.5 Å². The Labute approximate surface area is 67.2 Å². The summed E-state index contributed by atoms with van der Waals surface area (Å²) < 4.78 is 5.02. The number of aldehydes is 1. The predicted octanol–water partition coefficient (Wildman–Crippen LogP) is 1.70. The molecule has 0 aromatic rings. The Morgan fingerprint density at radius 3 is 2.73 bits per heavy atom. The standard InChI is InChI=1S/C9H14O2/c1-2-3-4-5-6-9(7-10)8-11-9/h3-4,7H,2,5-6,8H2,1H3/b4-3-/t9-/m1/s1. The van der Waals surface area contributed by atoms with E-state index in [1.54, 1.807) is 0 Å². The van der Waals surface area contributed by atoms with Gasteiger partial charge in [0.25, 0.3) is 0 Å². The summed E-state index contributed by atoms with van der Waals surface area (Å²) in [7, 11) is 0. The summed E-state index contributed by atoms with van der Waals surface area (Å²) in [5.41, 5.74) is -0.391. The van der Waals surface area contributed by atoms with Gasteiger partial charge in [0.2, 0.25) is 0 Å². The quantitative estimate of drug-likeness (QED) is 0.342. The number of allylic oxidation sites excluding steroid dienone is 2. The van der Waals surface area contributed by atoms with Gasteiger partial charge < -0.3 is 9.53 Å². The highest BCUT2D eigenvalue weighted by Gasteiger charge is 2.43. The molecule has 1 saturated heterocycles. The van der Waals surface area contributed by atoms with Crippen LogP contribution in [-0.2, 0) is 9.53 Å². The van der Waals surface area contributed by atoms with E-state index in [4.69, 9.17) is 4.74 Å². The normalized spacial score (nSPS) is 29.2. The maximum absolute atomic E-state index is 10.4. The second-order valence-corrected chi connectivity index (χ2v) is 2.89. The number of hydrogen-bond donors (Lipinski definition) is 0. The minimum atomic E-state index is -0.391. The van der Waals surface area contributed by atoms with Crippen molar-refractivity contribution in [2.75, 3.05) is 6.61 Å². The lowest BCUT2D eigenvalue weighted by Crippen LogP contribution is -2.11. The molecule has 11 heavy (non-hydrogen) atoms. The first-order chi connectivity index (χ1) is 5.33. The molecule has 1 rings (SSSR count). The first-order valence-corrected chi connectivity index (χ1v) is 4.08. The number of epoxide rings is 1.